The highest BCUT2D eigenvalue weighted by atomic mass is 32.2. The van der Waals surface area contributed by atoms with E-state index in [2.05, 4.69) is 4.72 Å². The molecule has 1 aliphatic heterocycles. The molecule has 9 heteroatoms. The predicted molar refractivity (Wildman–Crippen MR) is 76.0 cm³/mol. The van der Waals surface area contributed by atoms with Crippen LogP contribution < -0.4 is 4.72 Å². The molecule has 1 aromatic heterocycles. The van der Waals surface area contributed by atoms with Gasteiger partial charge in [-0.3, -0.25) is 0 Å². The van der Waals surface area contributed by atoms with Gasteiger partial charge in [0.2, 0.25) is 10.0 Å². The first-order chi connectivity index (χ1) is 9.81. The second kappa shape index (κ2) is 5.08. The molecule has 1 saturated carbocycles. The Kier molecular flexibility index (Phi) is 3.63. The van der Waals surface area contributed by atoms with Crippen molar-refractivity contribution in [3.63, 3.8) is 0 Å². The molecule has 7 nitrogen and oxygen atoms in total. The lowest BCUT2D eigenvalue weighted by Gasteiger charge is -2.10. The standard InChI is InChI=1S/C12H18N2O5S2/c15-7-11-5-12(6-14(11)10-1-2-10)21(18,19)13-9-3-4-20(16,17)8-9/h5-6,9-10,13,15H,1-4,7-8H2. The van der Waals surface area contributed by atoms with Gasteiger partial charge < -0.3 is 9.67 Å². The van der Waals surface area contributed by atoms with Gasteiger partial charge in [-0.15, -0.1) is 0 Å². The van der Waals surface area contributed by atoms with Gasteiger partial charge in [0.15, 0.2) is 9.84 Å². The second-order valence-corrected chi connectivity index (χ2v) is 9.63. The minimum Gasteiger partial charge on any atom is -0.390 e. The van der Waals surface area contributed by atoms with Gasteiger partial charge >= 0.3 is 0 Å². The van der Waals surface area contributed by atoms with Crippen molar-refractivity contribution in [1.82, 2.24) is 9.29 Å². The van der Waals surface area contributed by atoms with Crippen LogP contribution in [0.15, 0.2) is 17.2 Å². The monoisotopic (exact) mass is 334 g/mol. The summed E-state index contributed by atoms with van der Waals surface area (Å²) in [5.41, 5.74) is 0.567. The van der Waals surface area contributed by atoms with Crippen molar-refractivity contribution in [2.24, 2.45) is 0 Å². The Morgan fingerprint density at radius 3 is 2.57 bits per heavy atom. The van der Waals surface area contributed by atoms with E-state index in [0.29, 0.717) is 12.1 Å². The van der Waals surface area contributed by atoms with E-state index in [1.807, 2.05) is 0 Å². The molecule has 2 aliphatic rings. The van der Waals surface area contributed by atoms with E-state index in [0.717, 1.165) is 12.8 Å². The third kappa shape index (κ3) is 3.15. The molecular formula is C12H18N2O5S2. The summed E-state index contributed by atoms with van der Waals surface area (Å²) in [6.07, 6.45) is 3.79. The number of aromatic nitrogens is 1. The summed E-state index contributed by atoms with van der Waals surface area (Å²) in [5.74, 6) is -0.131. The number of aliphatic hydroxyl groups is 1. The maximum absolute atomic E-state index is 12.3. The van der Waals surface area contributed by atoms with Crippen LogP contribution in [0.1, 0.15) is 31.0 Å². The molecule has 1 aliphatic carbocycles. The molecule has 2 heterocycles. The van der Waals surface area contributed by atoms with E-state index in [9.17, 15) is 21.9 Å². The first kappa shape index (κ1) is 15.0. The molecule has 0 radical (unpaired) electrons. The summed E-state index contributed by atoms with van der Waals surface area (Å²) >= 11 is 0. The number of rotatable bonds is 5. The number of sulfone groups is 1. The molecule has 3 rings (SSSR count). The van der Waals surface area contributed by atoms with Crippen molar-refractivity contribution < 1.29 is 21.9 Å². The molecule has 1 aromatic rings. The fraction of sp³-hybridized carbons (Fsp3) is 0.667. The zero-order chi connectivity index (χ0) is 15.3. The summed E-state index contributed by atoms with van der Waals surface area (Å²) in [6.45, 7) is -0.218. The number of hydrogen-bond acceptors (Lipinski definition) is 5. The average molecular weight is 334 g/mol. The minimum absolute atomic E-state index is 0.0190. The molecule has 1 saturated heterocycles. The lowest BCUT2D eigenvalue weighted by atomic mass is 10.3. The molecule has 2 N–H and O–H groups in total. The summed E-state index contributed by atoms with van der Waals surface area (Å²) in [4.78, 5) is 0.0859. The van der Waals surface area contributed by atoms with Crippen LogP contribution in [0.2, 0.25) is 0 Å². The molecule has 0 aromatic carbocycles. The fourth-order valence-electron chi connectivity index (χ4n) is 2.64. The summed E-state index contributed by atoms with van der Waals surface area (Å²) in [5, 5.41) is 9.31. The van der Waals surface area contributed by atoms with Gasteiger partial charge in [0.05, 0.1) is 23.0 Å². The third-order valence-electron chi connectivity index (χ3n) is 3.87. The van der Waals surface area contributed by atoms with Crippen molar-refractivity contribution in [2.75, 3.05) is 11.5 Å². The lowest BCUT2D eigenvalue weighted by Crippen LogP contribution is -2.35. The van der Waals surface area contributed by atoms with E-state index < -0.39 is 25.9 Å². The van der Waals surface area contributed by atoms with E-state index in [-0.39, 0.29) is 29.0 Å². The van der Waals surface area contributed by atoms with Crippen LogP contribution in [-0.4, -0.2) is 44.1 Å². The Bertz CT molecular complexity index is 747. The largest absolute Gasteiger partial charge is 0.390 e. The molecule has 118 valence electrons. The van der Waals surface area contributed by atoms with Crippen LogP contribution in [-0.2, 0) is 26.5 Å². The van der Waals surface area contributed by atoms with Crippen LogP contribution >= 0.6 is 0 Å². The van der Waals surface area contributed by atoms with Crippen molar-refractivity contribution in [2.45, 2.75) is 42.8 Å². The zero-order valence-corrected chi connectivity index (χ0v) is 13.0. The Morgan fingerprint density at radius 2 is 2.05 bits per heavy atom. The molecule has 0 bridgehead atoms. The van der Waals surface area contributed by atoms with Crippen molar-refractivity contribution >= 4 is 19.9 Å². The summed E-state index contributed by atoms with van der Waals surface area (Å²) in [6, 6.07) is 1.15. The van der Waals surface area contributed by atoms with Crippen LogP contribution in [0.25, 0.3) is 0 Å². The lowest BCUT2D eigenvalue weighted by molar-refractivity contribution is 0.270. The quantitative estimate of drug-likeness (QED) is 0.774. The molecule has 21 heavy (non-hydrogen) atoms. The van der Waals surface area contributed by atoms with E-state index >= 15 is 0 Å². The maximum Gasteiger partial charge on any atom is 0.242 e. The Labute approximate surface area is 123 Å². The highest BCUT2D eigenvalue weighted by molar-refractivity contribution is 7.92. The maximum atomic E-state index is 12.3. The Hall–Kier alpha value is -0.900. The number of sulfonamides is 1. The van der Waals surface area contributed by atoms with Crippen LogP contribution in [0.3, 0.4) is 0 Å². The summed E-state index contributed by atoms with van der Waals surface area (Å²) < 4.78 is 51.7. The first-order valence-electron chi connectivity index (χ1n) is 6.85. The molecule has 0 spiro atoms. The number of nitrogens with one attached hydrogen (secondary N) is 1. The predicted octanol–water partition coefficient (Wildman–Crippen LogP) is -0.219. The van der Waals surface area contributed by atoms with E-state index in [1.165, 1.54) is 12.3 Å². The smallest absolute Gasteiger partial charge is 0.242 e. The minimum atomic E-state index is -3.76. The van der Waals surface area contributed by atoms with Gasteiger partial charge in [-0.1, -0.05) is 0 Å². The molecule has 1 unspecified atom stereocenters. The second-order valence-electron chi connectivity index (χ2n) is 5.68. The number of hydrogen-bond donors (Lipinski definition) is 2. The summed E-state index contributed by atoms with van der Waals surface area (Å²) in [7, 11) is -6.89. The van der Waals surface area contributed by atoms with Crippen LogP contribution in [0.4, 0.5) is 0 Å². The Balaban J connectivity index is 1.82. The van der Waals surface area contributed by atoms with Crippen molar-refractivity contribution in [3.8, 4) is 0 Å². The van der Waals surface area contributed by atoms with Gasteiger partial charge in [0.25, 0.3) is 0 Å². The van der Waals surface area contributed by atoms with E-state index in [4.69, 9.17) is 0 Å². The van der Waals surface area contributed by atoms with Gasteiger partial charge in [-0.2, -0.15) is 0 Å². The number of aliphatic hydroxyl groups excluding tert-OH is 1. The fourth-order valence-corrected chi connectivity index (χ4v) is 5.74. The SMILES string of the molecule is O=S1(=O)CCC(NS(=O)(=O)c2cc(CO)n(C3CC3)c2)C1. The van der Waals surface area contributed by atoms with E-state index in [1.54, 1.807) is 4.57 Å². The normalized spacial score (nSPS) is 25.3. The topological polar surface area (TPSA) is 105 Å². The van der Waals surface area contributed by atoms with Gasteiger partial charge in [-0.05, 0) is 25.3 Å². The highest BCUT2D eigenvalue weighted by Gasteiger charge is 2.33. The zero-order valence-electron chi connectivity index (χ0n) is 11.4. The van der Waals surface area contributed by atoms with Gasteiger partial charge in [-0.25, -0.2) is 21.6 Å². The molecule has 0 amide bonds. The van der Waals surface area contributed by atoms with Gasteiger partial charge in [0.1, 0.15) is 0 Å². The Morgan fingerprint density at radius 1 is 1.33 bits per heavy atom. The molecule has 1 atom stereocenters. The highest BCUT2D eigenvalue weighted by Crippen LogP contribution is 2.37. The molecule has 2 fully saturated rings. The van der Waals surface area contributed by atoms with Gasteiger partial charge in [0, 0.05) is 24.0 Å². The average Bonchev–Trinajstić information content (AvgIpc) is 3.04. The van der Waals surface area contributed by atoms with Crippen LogP contribution in [0.5, 0.6) is 0 Å². The van der Waals surface area contributed by atoms with Crippen molar-refractivity contribution in [1.29, 1.82) is 0 Å². The molecular weight excluding hydrogens is 316 g/mol. The van der Waals surface area contributed by atoms with Crippen LogP contribution in [0, 0.1) is 0 Å². The number of nitrogens with zero attached hydrogens (tertiary/aromatic N) is 1. The van der Waals surface area contributed by atoms with Crippen molar-refractivity contribution in [3.05, 3.63) is 18.0 Å². The third-order valence-corrected chi connectivity index (χ3v) is 7.13. The first-order valence-corrected chi connectivity index (χ1v) is 10.2.